The summed E-state index contributed by atoms with van der Waals surface area (Å²) in [7, 11) is 0. The Labute approximate surface area is 141 Å². The smallest absolute Gasteiger partial charge is 0.311 e. The first kappa shape index (κ1) is 15.8. The highest BCUT2D eigenvalue weighted by Gasteiger charge is 2.54. The van der Waals surface area contributed by atoms with Crippen molar-refractivity contribution < 1.29 is 14.6 Å². The summed E-state index contributed by atoms with van der Waals surface area (Å²) in [5, 5.41) is 10.0. The Hall–Kier alpha value is -1.73. The Kier molecular flexibility index (Phi) is 4.14. The SMILES string of the molecule is O=C(O)[C@@]12CCCN(C3CCOC3)C[C@@H]1CN(c1ncccn1)C2. The number of ether oxygens (including phenoxy) is 1. The summed E-state index contributed by atoms with van der Waals surface area (Å²) in [5.74, 6) is 0.0688. The predicted octanol–water partition coefficient (Wildman–Crippen LogP) is 0.868. The van der Waals surface area contributed by atoms with Crippen molar-refractivity contribution in [1.29, 1.82) is 0 Å². The number of aliphatic carboxylic acids is 1. The van der Waals surface area contributed by atoms with Crippen LogP contribution in [0.1, 0.15) is 19.3 Å². The molecule has 0 radical (unpaired) electrons. The lowest BCUT2D eigenvalue weighted by atomic mass is 9.75. The van der Waals surface area contributed by atoms with E-state index in [0.29, 0.717) is 25.1 Å². The summed E-state index contributed by atoms with van der Waals surface area (Å²) in [4.78, 5) is 25.3. The Balaban J connectivity index is 1.58. The van der Waals surface area contributed by atoms with E-state index in [0.717, 1.165) is 45.6 Å². The van der Waals surface area contributed by atoms with E-state index in [1.807, 2.05) is 4.90 Å². The topological polar surface area (TPSA) is 78.8 Å². The third-order valence-electron chi connectivity index (χ3n) is 5.90. The maximum Gasteiger partial charge on any atom is 0.311 e. The van der Waals surface area contributed by atoms with Gasteiger partial charge in [0.2, 0.25) is 5.95 Å². The standard InChI is InChI=1S/C17H24N4O3/c22-15(23)17-4-1-7-20(14-3-8-24-11-14)9-13(17)10-21(12-17)16-18-5-2-6-19-16/h2,5-6,13-14H,1,3-4,7-12H2,(H,22,23)/t13-,14?,17-/m1/s1. The molecule has 3 saturated heterocycles. The number of likely N-dealkylation sites (tertiary alicyclic amines) is 1. The van der Waals surface area contributed by atoms with E-state index in [-0.39, 0.29) is 5.92 Å². The Morgan fingerprint density at radius 3 is 2.88 bits per heavy atom. The zero-order valence-electron chi connectivity index (χ0n) is 13.8. The first-order valence-electron chi connectivity index (χ1n) is 8.76. The average molecular weight is 332 g/mol. The van der Waals surface area contributed by atoms with E-state index in [1.54, 1.807) is 18.5 Å². The molecule has 3 fully saturated rings. The van der Waals surface area contributed by atoms with Gasteiger partial charge in [-0.1, -0.05) is 0 Å². The van der Waals surface area contributed by atoms with Crippen LogP contribution in [-0.4, -0.2) is 71.4 Å². The summed E-state index contributed by atoms with van der Waals surface area (Å²) in [6.45, 7) is 4.61. The number of aromatic nitrogens is 2. The molecule has 130 valence electrons. The fourth-order valence-electron chi connectivity index (χ4n) is 4.56. The van der Waals surface area contributed by atoms with Gasteiger partial charge in [0.05, 0.1) is 12.0 Å². The van der Waals surface area contributed by atoms with Crippen LogP contribution in [0.15, 0.2) is 18.5 Å². The van der Waals surface area contributed by atoms with Gasteiger partial charge in [-0.2, -0.15) is 0 Å². The van der Waals surface area contributed by atoms with Crippen molar-refractivity contribution in [2.75, 3.05) is 44.3 Å². The molecule has 0 bridgehead atoms. The van der Waals surface area contributed by atoms with Gasteiger partial charge in [-0.3, -0.25) is 9.69 Å². The fraction of sp³-hybridized carbons (Fsp3) is 0.706. The van der Waals surface area contributed by atoms with E-state index in [1.165, 1.54) is 0 Å². The molecule has 1 aromatic heterocycles. The van der Waals surface area contributed by atoms with Crippen molar-refractivity contribution in [2.45, 2.75) is 25.3 Å². The summed E-state index contributed by atoms with van der Waals surface area (Å²) in [6, 6.07) is 2.23. The molecule has 7 nitrogen and oxygen atoms in total. The molecule has 7 heteroatoms. The van der Waals surface area contributed by atoms with Crippen LogP contribution in [0, 0.1) is 11.3 Å². The lowest BCUT2D eigenvalue weighted by Crippen LogP contribution is -2.44. The number of carboxylic acids is 1. The summed E-state index contributed by atoms with van der Waals surface area (Å²) in [5.41, 5.74) is -0.687. The summed E-state index contributed by atoms with van der Waals surface area (Å²) < 4.78 is 5.54. The highest BCUT2D eigenvalue weighted by Crippen LogP contribution is 2.44. The number of hydrogen-bond donors (Lipinski definition) is 1. The zero-order chi connectivity index (χ0) is 16.6. The van der Waals surface area contributed by atoms with Crippen molar-refractivity contribution in [1.82, 2.24) is 14.9 Å². The molecule has 4 rings (SSSR count). The van der Waals surface area contributed by atoms with E-state index in [4.69, 9.17) is 4.74 Å². The van der Waals surface area contributed by atoms with Gasteiger partial charge in [0.15, 0.2) is 0 Å². The minimum Gasteiger partial charge on any atom is -0.481 e. The molecule has 4 heterocycles. The van der Waals surface area contributed by atoms with Gasteiger partial charge in [0.25, 0.3) is 0 Å². The zero-order valence-corrected chi connectivity index (χ0v) is 13.8. The molecule has 0 aromatic carbocycles. The molecule has 1 aromatic rings. The van der Waals surface area contributed by atoms with Gasteiger partial charge in [0.1, 0.15) is 0 Å². The molecule has 3 aliphatic heterocycles. The van der Waals surface area contributed by atoms with E-state index >= 15 is 0 Å². The molecule has 0 spiro atoms. The van der Waals surface area contributed by atoms with Crippen LogP contribution in [0.3, 0.4) is 0 Å². The molecule has 3 atom stereocenters. The van der Waals surface area contributed by atoms with Crippen molar-refractivity contribution in [3.8, 4) is 0 Å². The second kappa shape index (κ2) is 6.29. The van der Waals surface area contributed by atoms with Gasteiger partial charge in [-0.05, 0) is 31.9 Å². The van der Waals surface area contributed by atoms with Gasteiger partial charge >= 0.3 is 5.97 Å². The second-order valence-electron chi connectivity index (χ2n) is 7.20. The first-order chi connectivity index (χ1) is 11.7. The Morgan fingerprint density at radius 2 is 2.17 bits per heavy atom. The van der Waals surface area contributed by atoms with Crippen molar-refractivity contribution in [2.24, 2.45) is 11.3 Å². The molecule has 1 N–H and O–H groups in total. The molecule has 1 unspecified atom stereocenters. The lowest BCUT2D eigenvalue weighted by Gasteiger charge is -2.31. The van der Waals surface area contributed by atoms with Crippen molar-refractivity contribution in [3.63, 3.8) is 0 Å². The summed E-state index contributed by atoms with van der Waals surface area (Å²) >= 11 is 0. The number of fused-ring (bicyclic) bond motifs is 1. The molecule has 3 aliphatic rings. The normalized spacial score (nSPS) is 34.1. The van der Waals surface area contributed by atoms with Crippen LogP contribution >= 0.6 is 0 Å². The van der Waals surface area contributed by atoms with E-state index < -0.39 is 11.4 Å². The lowest BCUT2D eigenvalue weighted by molar-refractivity contribution is -0.150. The Bertz CT molecular complexity index is 593. The van der Waals surface area contributed by atoms with Crippen LogP contribution < -0.4 is 4.90 Å². The van der Waals surface area contributed by atoms with Crippen molar-refractivity contribution in [3.05, 3.63) is 18.5 Å². The second-order valence-corrected chi connectivity index (χ2v) is 7.20. The molecular formula is C17H24N4O3. The fourth-order valence-corrected chi connectivity index (χ4v) is 4.56. The maximum atomic E-state index is 12.2. The average Bonchev–Trinajstić information content (AvgIpc) is 3.21. The number of rotatable bonds is 3. The first-order valence-corrected chi connectivity index (χ1v) is 8.76. The van der Waals surface area contributed by atoms with Crippen LogP contribution in [-0.2, 0) is 9.53 Å². The monoisotopic (exact) mass is 332 g/mol. The maximum absolute atomic E-state index is 12.2. The van der Waals surface area contributed by atoms with Crippen LogP contribution in [0.25, 0.3) is 0 Å². The van der Waals surface area contributed by atoms with Crippen LogP contribution in [0.2, 0.25) is 0 Å². The van der Waals surface area contributed by atoms with Gasteiger partial charge in [-0.15, -0.1) is 0 Å². The number of anilines is 1. The van der Waals surface area contributed by atoms with E-state index in [9.17, 15) is 9.90 Å². The van der Waals surface area contributed by atoms with Crippen LogP contribution in [0.5, 0.6) is 0 Å². The number of carbonyl (C=O) groups is 1. The number of carboxylic acid groups (broad SMARTS) is 1. The third kappa shape index (κ3) is 2.65. The van der Waals surface area contributed by atoms with Crippen molar-refractivity contribution >= 4 is 11.9 Å². The highest BCUT2D eigenvalue weighted by molar-refractivity contribution is 5.77. The van der Waals surface area contributed by atoms with Gasteiger partial charge in [-0.25, -0.2) is 9.97 Å². The molecule has 0 amide bonds. The van der Waals surface area contributed by atoms with Crippen LogP contribution in [0.4, 0.5) is 5.95 Å². The number of hydrogen-bond acceptors (Lipinski definition) is 6. The quantitative estimate of drug-likeness (QED) is 0.880. The minimum absolute atomic E-state index is 0.0990. The molecular weight excluding hydrogens is 308 g/mol. The molecule has 0 aliphatic carbocycles. The van der Waals surface area contributed by atoms with Gasteiger partial charge < -0.3 is 14.7 Å². The number of nitrogens with zero attached hydrogens (tertiary/aromatic N) is 4. The van der Waals surface area contributed by atoms with E-state index in [2.05, 4.69) is 14.9 Å². The Morgan fingerprint density at radius 1 is 1.33 bits per heavy atom. The van der Waals surface area contributed by atoms with Gasteiger partial charge in [0, 0.05) is 50.6 Å². The summed E-state index contributed by atoms with van der Waals surface area (Å²) in [6.07, 6.45) is 6.12. The molecule has 0 saturated carbocycles. The highest BCUT2D eigenvalue weighted by atomic mass is 16.5. The molecule has 24 heavy (non-hydrogen) atoms. The largest absolute Gasteiger partial charge is 0.481 e. The minimum atomic E-state index is -0.687. The third-order valence-corrected chi connectivity index (χ3v) is 5.90. The predicted molar refractivity (Wildman–Crippen MR) is 87.8 cm³/mol.